The summed E-state index contributed by atoms with van der Waals surface area (Å²) < 4.78 is 5.14. The van der Waals surface area contributed by atoms with Crippen LogP contribution in [0.25, 0.3) is 95.3 Å². The summed E-state index contributed by atoms with van der Waals surface area (Å²) in [5, 5.41) is 10.1. The molecule has 10 aromatic carbocycles. The minimum Gasteiger partial charge on any atom is -0.308 e. The zero-order chi connectivity index (χ0) is 38.9. The van der Waals surface area contributed by atoms with E-state index in [0.717, 1.165) is 5.69 Å². The largest absolute Gasteiger partial charge is 0.308 e. The number of hydrogen-bond acceptors (Lipinski definition) is 3. The summed E-state index contributed by atoms with van der Waals surface area (Å²) in [5.74, 6) is 0. The van der Waals surface area contributed by atoms with Crippen LogP contribution in [0.3, 0.4) is 0 Å². The fourth-order valence-electron chi connectivity index (χ4n) is 9.02. The van der Waals surface area contributed by atoms with Gasteiger partial charge in [-0.3, -0.25) is 0 Å². The molecule has 0 radical (unpaired) electrons. The van der Waals surface area contributed by atoms with Crippen LogP contribution in [0.4, 0.5) is 17.1 Å². The summed E-state index contributed by atoms with van der Waals surface area (Å²) in [6.45, 7) is 0. The van der Waals surface area contributed by atoms with E-state index in [1.807, 2.05) is 22.7 Å². The van der Waals surface area contributed by atoms with E-state index in [2.05, 4.69) is 217 Å². The second kappa shape index (κ2) is 13.8. The number of hydrogen-bond donors (Lipinski definition) is 0. The molecule has 0 amide bonds. The molecule has 2 heterocycles. The lowest BCUT2D eigenvalue weighted by atomic mass is 9.98. The number of nitrogens with zero attached hydrogens (tertiary/aromatic N) is 1. The van der Waals surface area contributed by atoms with Gasteiger partial charge in [0.25, 0.3) is 0 Å². The minimum atomic E-state index is 1.14. The van der Waals surface area contributed by atoms with E-state index < -0.39 is 0 Å². The van der Waals surface area contributed by atoms with E-state index in [1.165, 1.54) is 107 Å². The third-order valence-corrected chi connectivity index (χ3v) is 14.2. The third kappa shape index (κ3) is 5.66. The summed E-state index contributed by atoms with van der Waals surface area (Å²) in [4.78, 5) is 2.54. The molecule has 0 saturated heterocycles. The Morgan fingerprint density at radius 3 is 1.63 bits per heavy atom. The molecular formula is C56H35NS2. The molecular weight excluding hydrogens is 751 g/mol. The van der Waals surface area contributed by atoms with Gasteiger partial charge in [-0.25, -0.2) is 0 Å². The Bertz CT molecular complexity index is 3550. The van der Waals surface area contributed by atoms with Gasteiger partial charge in [0.05, 0.1) is 16.1 Å². The van der Waals surface area contributed by atoms with E-state index >= 15 is 0 Å². The summed E-state index contributed by atoms with van der Waals surface area (Å²) in [7, 11) is 0. The van der Waals surface area contributed by atoms with Gasteiger partial charge in [0.1, 0.15) is 0 Å². The molecule has 12 aromatic rings. The maximum atomic E-state index is 2.54. The quantitative estimate of drug-likeness (QED) is 0.152. The van der Waals surface area contributed by atoms with Crippen molar-refractivity contribution in [3.63, 3.8) is 0 Å². The van der Waals surface area contributed by atoms with E-state index in [1.54, 1.807) is 0 Å². The van der Waals surface area contributed by atoms with E-state index in [4.69, 9.17) is 0 Å². The number of benzene rings is 10. The van der Waals surface area contributed by atoms with Gasteiger partial charge in [-0.15, -0.1) is 22.7 Å². The SMILES string of the molecule is c1ccc(-c2ccc3c(c2)sc2c(N(c4ccc5c(ccc6ccccc65)c4)c4ccc(-c5ccccc5)c5sc6cc(-c7ccccc7)ccc6c45)cccc23)cc1. The molecule has 0 saturated carbocycles. The van der Waals surface area contributed by atoms with Crippen LogP contribution in [0, 0.1) is 0 Å². The molecule has 0 aliphatic carbocycles. The van der Waals surface area contributed by atoms with Crippen molar-refractivity contribution < 1.29 is 0 Å². The first-order valence-electron chi connectivity index (χ1n) is 20.1. The lowest BCUT2D eigenvalue weighted by Crippen LogP contribution is -2.10. The highest BCUT2D eigenvalue weighted by molar-refractivity contribution is 7.27. The van der Waals surface area contributed by atoms with Crippen LogP contribution >= 0.6 is 22.7 Å². The summed E-state index contributed by atoms with van der Waals surface area (Å²) in [6.07, 6.45) is 0. The maximum absolute atomic E-state index is 2.54. The van der Waals surface area contributed by atoms with Crippen molar-refractivity contribution >= 4 is 102 Å². The van der Waals surface area contributed by atoms with Crippen molar-refractivity contribution in [3.8, 4) is 33.4 Å². The fraction of sp³-hybridized carbons (Fsp3) is 0. The molecule has 0 unspecified atom stereocenters. The van der Waals surface area contributed by atoms with Crippen LogP contribution in [0.1, 0.15) is 0 Å². The first kappa shape index (κ1) is 34.0. The van der Waals surface area contributed by atoms with Gasteiger partial charge in [0.15, 0.2) is 0 Å². The molecule has 0 fully saturated rings. The molecule has 3 heteroatoms. The van der Waals surface area contributed by atoms with Crippen LogP contribution in [0.15, 0.2) is 212 Å². The van der Waals surface area contributed by atoms with Gasteiger partial charge in [0.2, 0.25) is 0 Å². The number of rotatable bonds is 6. The number of anilines is 3. The van der Waals surface area contributed by atoms with Crippen molar-refractivity contribution in [2.45, 2.75) is 0 Å². The summed E-state index contributed by atoms with van der Waals surface area (Å²) >= 11 is 3.79. The van der Waals surface area contributed by atoms with Crippen molar-refractivity contribution in [1.29, 1.82) is 0 Å². The van der Waals surface area contributed by atoms with Crippen LogP contribution < -0.4 is 4.90 Å². The van der Waals surface area contributed by atoms with Crippen LogP contribution in [0.2, 0.25) is 0 Å². The Hall–Kier alpha value is -7.04. The highest BCUT2D eigenvalue weighted by Gasteiger charge is 2.24. The van der Waals surface area contributed by atoms with Crippen molar-refractivity contribution in [3.05, 3.63) is 212 Å². The average Bonchev–Trinajstić information content (AvgIpc) is 3.89. The number of thiophene rings is 2. The highest BCUT2D eigenvalue weighted by Crippen LogP contribution is 2.52. The van der Waals surface area contributed by atoms with Crippen molar-refractivity contribution in [1.82, 2.24) is 0 Å². The van der Waals surface area contributed by atoms with Crippen LogP contribution in [-0.4, -0.2) is 0 Å². The fourth-order valence-corrected chi connectivity index (χ4v) is 11.6. The van der Waals surface area contributed by atoms with Crippen molar-refractivity contribution in [2.24, 2.45) is 0 Å². The molecule has 2 aromatic heterocycles. The van der Waals surface area contributed by atoms with E-state index in [-0.39, 0.29) is 0 Å². The van der Waals surface area contributed by atoms with Crippen molar-refractivity contribution in [2.75, 3.05) is 4.90 Å². The first-order chi connectivity index (χ1) is 29.2. The average molecular weight is 786 g/mol. The normalized spacial score (nSPS) is 11.7. The Morgan fingerprint density at radius 1 is 0.305 bits per heavy atom. The molecule has 0 spiro atoms. The molecule has 12 rings (SSSR count). The lowest BCUT2D eigenvalue weighted by molar-refractivity contribution is 1.33. The smallest absolute Gasteiger partial charge is 0.0640 e. The third-order valence-electron chi connectivity index (χ3n) is 11.8. The summed E-state index contributed by atoms with van der Waals surface area (Å²) in [6, 6.07) is 78.2. The monoisotopic (exact) mass is 785 g/mol. The topological polar surface area (TPSA) is 3.24 Å². The van der Waals surface area contributed by atoms with Crippen LogP contribution in [-0.2, 0) is 0 Å². The summed E-state index contributed by atoms with van der Waals surface area (Å²) in [5.41, 5.74) is 10.9. The molecule has 0 bridgehead atoms. The molecule has 0 N–H and O–H groups in total. The van der Waals surface area contributed by atoms with Gasteiger partial charge in [0, 0.05) is 41.3 Å². The molecule has 0 aliphatic heterocycles. The zero-order valence-corrected chi connectivity index (χ0v) is 33.6. The first-order valence-corrected chi connectivity index (χ1v) is 21.7. The standard InChI is InChI=1S/C56H35NS2/c1-4-13-36(14-5-1)40-25-28-47-48-21-12-22-51(55(48)58-52(47)34-40)57(43-27-30-45-42(33-43)24-23-39-19-10-11-20-44(39)45)50-32-31-46(38-17-8-3-9-18-38)56-54(50)49-29-26-41(35-53(49)59-56)37-15-6-2-7-16-37/h1-35H. The Balaban J connectivity index is 1.15. The predicted octanol–water partition coefficient (Wildman–Crippen LogP) is 17.2. The molecule has 59 heavy (non-hydrogen) atoms. The van der Waals surface area contributed by atoms with Gasteiger partial charge >= 0.3 is 0 Å². The Labute approximate surface area is 350 Å². The molecule has 0 atom stereocenters. The molecule has 0 aliphatic rings. The van der Waals surface area contributed by atoms with E-state index in [0.29, 0.717) is 0 Å². The predicted molar refractivity (Wildman–Crippen MR) is 258 cm³/mol. The Morgan fingerprint density at radius 2 is 0.881 bits per heavy atom. The molecule has 276 valence electrons. The second-order valence-electron chi connectivity index (χ2n) is 15.2. The van der Waals surface area contributed by atoms with Gasteiger partial charge in [-0.1, -0.05) is 176 Å². The maximum Gasteiger partial charge on any atom is 0.0640 e. The minimum absolute atomic E-state index is 1.14. The van der Waals surface area contributed by atoms with Gasteiger partial charge < -0.3 is 4.90 Å². The molecule has 1 nitrogen and oxygen atoms in total. The van der Waals surface area contributed by atoms with E-state index in [9.17, 15) is 0 Å². The number of fused-ring (bicyclic) bond motifs is 9. The Kier molecular flexibility index (Phi) is 7.97. The van der Waals surface area contributed by atoms with Gasteiger partial charge in [-0.05, 0) is 91.3 Å². The second-order valence-corrected chi connectivity index (χ2v) is 17.3. The zero-order valence-electron chi connectivity index (χ0n) is 32.0. The lowest BCUT2D eigenvalue weighted by Gasteiger charge is -2.28. The highest BCUT2D eigenvalue weighted by atomic mass is 32.1. The van der Waals surface area contributed by atoms with Gasteiger partial charge in [-0.2, -0.15) is 0 Å². The van der Waals surface area contributed by atoms with Crippen LogP contribution in [0.5, 0.6) is 0 Å².